The molecular formula is C30H46N4O5. The van der Waals surface area contributed by atoms with Crippen LogP contribution in [-0.4, -0.2) is 73.4 Å². The average Bonchev–Trinajstić information content (AvgIpc) is 3.52. The number of Topliss-reactive ketones (excluding diaryl/α,β-unsaturated/α-hetero) is 1. The first-order valence-corrected chi connectivity index (χ1v) is 15.3. The zero-order valence-electron chi connectivity index (χ0n) is 23.4. The Labute approximate surface area is 231 Å². The van der Waals surface area contributed by atoms with Gasteiger partial charge in [-0.1, -0.05) is 18.4 Å². The van der Waals surface area contributed by atoms with Crippen LogP contribution >= 0.6 is 0 Å². The second-order valence-corrected chi connectivity index (χ2v) is 13.8. The van der Waals surface area contributed by atoms with E-state index in [1.165, 1.54) is 0 Å². The molecule has 216 valence electrons. The molecule has 6 N–H and O–H groups in total. The lowest BCUT2D eigenvalue weighted by Gasteiger charge is -2.61. The van der Waals surface area contributed by atoms with Crippen LogP contribution < -0.4 is 21.1 Å². The molecule has 3 bridgehead atoms. The number of rotatable bonds is 5. The average molecular weight is 543 g/mol. The molecule has 4 saturated carbocycles. The van der Waals surface area contributed by atoms with Gasteiger partial charge < -0.3 is 31.2 Å². The summed E-state index contributed by atoms with van der Waals surface area (Å²) in [4.78, 5) is 32.5. The van der Waals surface area contributed by atoms with Crippen molar-refractivity contribution in [1.82, 2.24) is 5.32 Å². The third-order valence-corrected chi connectivity index (χ3v) is 12.6. The van der Waals surface area contributed by atoms with Gasteiger partial charge in [-0.3, -0.25) is 9.69 Å². The standard InChI is InChI=1S/C30H46N4O5/c1-32-26(31)34-12-7-21(16-33-11-13-35)29(18-34)20-5-4-19-6-10-27(8-2-3-9-27)15-23(36)30(39)17-28(19,29)22(14-20)24(30)25(37)38/h19-21,33,35,39H,2-18H2,1H3,(H2,31,32)(H,37,38)/t19-,20+,21+,28-,29+,30+/m0/s1. The van der Waals surface area contributed by atoms with E-state index in [2.05, 4.69) is 10.3 Å². The minimum atomic E-state index is -1.99. The number of carbonyl (C=O) groups is 2. The molecule has 0 aromatic rings. The SMILES string of the molecule is CN=C(N)[NH+]1CC[C@H](CNCCO)[C@@]2(C1)[C@@H]1CC[C@H]3CCC4(CCCC4)CC(=O)[C@]4(O)C[C@@]32C(=C4C(=O)[O-])C1. The second kappa shape index (κ2) is 9.64. The van der Waals surface area contributed by atoms with Crippen molar-refractivity contribution in [3.05, 3.63) is 11.1 Å². The van der Waals surface area contributed by atoms with E-state index in [1.807, 2.05) is 0 Å². The summed E-state index contributed by atoms with van der Waals surface area (Å²) in [6.45, 7) is 2.83. The molecule has 1 saturated heterocycles. The molecule has 39 heavy (non-hydrogen) atoms. The highest BCUT2D eigenvalue weighted by Crippen LogP contribution is 2.78. The van der Waals surface area contributed by atoms with Crippen molar-refractivity contribution in [1.29, 1.82) is 0 Å². The number of aliphatic imine (C=N–C) groups is 1. The van der Waals surface area contributed by atoms with Crippen molar-refractivity contribution in [2.75, 3.05) is 39.8 Å². The molecule has 6 rings (SSSR count). The van der Waals surface area contributed by atoms with E-state index in [0.717, 1.165) is 81.3 Å². The number of aliphatic carboxylic acids is 1. The highest BCUT2D eigenvalue weighted by atomic mass is 16.4. The maximum absolute atomic E-state index is 14.1. The summed E-state index contributed by atoms with van der Waals surface area (Å²) in [7, 11) is 1.72. The first-order chi connectivity index (χ1) is 18.7. The van der Waals surface area contributed by atoms with E-state index >= 15 is 0 Å². The number of carboxylic acids is 1. The summed E-state index contributed by atoms with van der Waals surface area (Å²) in [6.07, 6.45) is 10.0. The number of nitrogens with zero attached hydrogens (tertiary/aromatic N) is 1. The second-order valence-electron chi connectivity index (χ2n) is 13.8. The maximum atomic E-state index is 14.1. The molecule has 7 atom stereocenters. The molecule has 9 nitrogen and oxygen atoms in total. The van der Waals surface area contributed by atoms with Crippen molar-refractivity contribution in [3.8, 4) is 0 Å². The third kappa shape index (κ3) is 3.68. The van der Waals surface area contributed by atoms with Crippen LogP contribution in [-0.2, 0) is 9.59 Å². The summed E-state index contributed by atoms with van der Waals surface area (Å²) in [5.74, 6) is -0.438. The topological polar surface area (TPSA) is 153 Å². The van der Waals surface area contributed by atoms with Gasteiger partial charge in [0.25, 0.3) is 5.96 Å². The van der Waals surface area contributed by atoms with E-state index in [9.17, 15) is 24.9 Å². The number of fused-ring (bicyclic) bond motifs is 1. The summed E-state index contributed by atoms with van der Waals surface area (Å²) >= 11 is 0. The number of aliphatic hydroxyl groups is 2. The van der Waals surface area contributed by atoms with Crippen LogP contribution in [0.5, 0.6) is 0 Å². The number of carboxylic acid groups (broad SMARTS) is 1. The number of carbonyl (C=O) groups excluding carboxylic acids is 2. The zero-order valence-corrected chi connectivity index (χ0v) is 23.4. The molecule has 9 heteroatoms. The Morgan fingerprint density at radius 1 is 1.18 bits per heavy atom. The molecule has 0 aromatic carbocycles. The smallest absolute Gasteiger partial charge is 0.293 e. The predicted molar refractivity (Wildman–Crippen MR) is 143 cm³/mol. The molecule has 5 fully saturated rings. The number of allylic oxidation sites excluding steroid dienone is 1. The van der Waals surface area contributed by atoms with E-state index < -0.39 is 17.0 Å². The Morgan fingerprint density at radius 2 is 1.92 bits per heavy atom. The van der Waals surface area contributed by atoms with Crippen LogP contribution in [0.3, 0.4) is 0 Å². The van der Waals surface area contributed by atoms with E-state index in [1.54, 1.807) is 7.05 Å². The molecule has 0 radical (unpaired) electrons. The normalized spacial score (nSPS) is 43.2. The fourth-order valence-corrected chi connectivity index (χ4v) is 11.1. The van der Waals surface area contributed by atoms with Gasteiger partial charge in [-0.2, -0.15) is 0 Å². The van der Waals surface area contributed by atoms with Crippen molar-refractivity contribution < 1.29 is 29.8 Å². The Hall–Kier alpha value is -1.81. The van der Waals surface area contributed by atoms with Gasteiger partial charge in [0, 0.05) is 42.8 Å². The maximum Gasteiger partial charge on any atom is 0.293 e. The molecule has 1 heterocycles. The van der Waals surface area contributed by atoms with Crippen LogP contribution in [0, 0.1) is 34.0 Å². The fourth-order valence-electron chi connectivity index (χ4n) is 11.1. The Morgan fingerprint density at radius 3 is 2.62 bits per heavy atom. The lowest BCUT2D eigenvalue weighted by atomic mass is 9.44. The van der Waals surface area contributed by atoms with Gasteiger partial charge in [-0.25, -0.2) is 4.99 Å². The molecule has 1 aliphatic heterocycles. The van der Waals surface area contributed by atoms with Crippen molar-refractivity contribution in [3.63, 3.8) is 0 Å². The number of ketones is 1. The van der Waals surface area contributed by atoms with Crippen molar-refractivity contribution >= 4 is 17.7 Å². The largest absolute Gasteiger partial charge is 0.545 e. The van der Waals surface area contributed by atoms with Gasteiger partial charge >= 0.3 is 0 Å². The molecule has 0 aromatic heterocycles. The number of nitrogens with one attached hydrogen (secondary N) is 2. The van der Waals surface area contributed by atoms with Crippen LogP contribution in [0.2, 0.25) is 0 Å². The lowest BCUT2D eigenvalue weighted by Crippen LogP contribution is -3.19. The molecular weight excluding hydrogens is 496 g/mol. The number of piperidine rings is 1. The van der Waals surface area contributed by atoms with Gasteiger partial charge in [0.1, 0.15) is 0 Å². The van der Waals surface area contributed by atoms with Gasteiger partial charge in [-0.15, -0.1) is 0 Å². The molecule has 3 spiro atoms. The highest BCUT2D eigenvalue weighted by Gasteiger charge is 2.77. The fraction of sp³-hybridized carbons (Fsp3) is 0.833. The summed E-state index contributed by atoms with van der Waals surface area (Å²) in [6, 6.07) is 0. The highest BCUT2D eigenvalue weighted by molar-refractivity contribution is 6.03. The number of hydrogen-bond donors (Lipinski definition) is 5. The Bertz CT molecular complexity index is 1100. The monoisotopic (exact) mass is 542 g/mol. The Balaban J connectivity index is 1.55. The molecule has 0 amide bonds. The lowest BCUT2D eigenvalue weighted by molar-refractivity contribution is -0.828. The van der Waals surface area contributed by atoms with Gasteiger partial charge in [0.15, 0.2) is 11.4 Å². The Kier molecular flexibility index (Phi) is 6.76. The molecule has 1 unspecified atom stereocenters. The van der Waals surface area contributed by atoms with Gasteiger partial charge in [0.05, 0.1) is 25.7 Å². The third-order valence-electron chi connectivity index (χ3n) is 12.6. The van der Waals surface area contributed by atoms with Crippen LogP contribution in [0.1, 0.15) is 77.0 Å². The van der Waals surface area contributed by atoms with Gasteiger partial charge in [0.2, 0.25) is 0 Å². The quantitative estimate of drug-likeness (QED) is 0.175. The predicted octanol–water partition coefficient (Wildman–Crippen LogP) is -0.685. The van der Waals surface area contributed by atoms with E-state index in [0.29, 0.717) is 25.5 Å². The molecule has 6 aliphatic rings. The molecule has 5 aliphatic carbocycles. The number of likely N-dealkylation sites (tertiary alicyclic amines) is 1. The summed E-state index contributed by atoms with van der Waals surface area (Å²) in [5.41, 5.74) is 4.15. The number of nitrogens with two attached hydrogens (primary N) is 1. The first-order valence-electron chi connectivity index (χ1n) is 15.3. The minimum Gasteiger partial charge on any atom is -0.545 e. The zero-order chi connectivity index (χ0) is 27.6. The van der Waals surface area contributed by atoms with Crippen molar-refractivity contribution in [2.24, 2.45) is 44.7 Å². The minimum absolute atomic E-state index is 0.0556. The number of guanidine groups is 1. The van der Waals surface area contributed by atoms with Crippen LogP contribution in [0.15, 0.2) is 16.1 Å². The van der Waals surface area contributed by atoms with Crippen LogP contribution in [0.4, 0.5) is 0 Å². The number of aliphatic hydroxyl groups excluding tert-OH is 1. The van der Waals surface area contributed by atoms with Crippen molar-refractivity contribution in [2.45, 2.75) is 82.7 Å². The number of hydrogen-bond acceptors (Lipinski definition) is 7. The van der Waals surface area contributed by atoms with E-state index in [4.69, 9.17) is 5.73 Å². The van der Waals surface area contributed by atoms with E-state index in [-0.39, 0.29) is 59.4 Å². The first kappa shape index (κ1) is 27.4. The van der Waals surface area contributed by atoms with Gasteiger partial charge in [-0.05, 0) is 81.1 Å². The summed E-state index contributed by atoms with van der Waals surface area (Å²) in [5, 5.41) is 38.2. The summed E-state index contributed by atoms with van der Waals surface area (Å²) < 4.78 is 0. The number of quaternary nitrogens is 1. The van der Waals surface area contributed by atoms with Crippen LogP contribution in [0.25, 0.3) is 0 Å².